The summed E-state index contributed by atoms with van der Waals surface area (Å²) in [6.07, 6.45) is 0. The van der Waals surface area contributed by atoms with Gasteiger partial charge in [0.1, 0.15) is 11.7 Å². The molecule has 9 aromatic rings. The Hall–Kier alpha value is -6.86. The van der Waals surface area contributed by atoms with Crippen LogP contribution in [0, 0.1) is 0 Å². The SMILES string of the molecule is CC1(c2cccc(-c3cccc4c3sc3ccccc34)c2)N=C(c2ccccc2)NC(c2ccc(C3=Nc4c(-c5ccccc5)cccc4C4(C)c5ccccc5SC34)cc2)=N1. The quantitative estimate of drug-likeness (QED) is 0.181. The number of fused-ring (bicyclic) bond motifs is 8. The predicted molar refractivity (Wildman–Crippen MR) is 262 cm³/mol. The van der Waals surface area contributed by atoms with Gasteiger partial charge in [0, 0.05) is 52.7 Å². The molecule has 3 aliphatic heterocycles. The maximum atomic E-state index is 5.62. The van der Waals surface area contributed by atoms with Gasteiger partial charge in [0.05, 0.1) is 16.6 Å². The third kappa shape index (κ3) is 5.85. The van der Waals surface area contributed by atoms with Crippen LogP contribution in [-0.2, 0) is 11.1 Å². The highest BCUT2D eigenvalue weighted by Crippen LogP contribution is 2.59. The van der Waals surface area contributed by atoms with Crippen molar-refractivity contribution in [2.75, 3.05) is 0 Å². The molecule has 0 amide bonds. The van der Waals surface area contributed by atoms with E-state index in [9.17, 15) is 0 Å². The van der Waals surface area contributed by atoms with Crippen molar-refractivity contribution in [2.45, 2.75) is 35.1 Å². The molecule has 0 bridgehead atoms. The van der Waals surface area contributed by atoms with Gasteiger partial charge in [0.15, 0.2) is 5.66 Å². The molecule has 0 radical (unpaired) electrons. The van der Waals surface area contributed by atoms with Crippen LogP contribution < -0.4 is 5.32 Å². The van der Waals surface area contributed by atoms with Crippen LogP contribution in [0.1, 0.15) is 47.2 Å². The Kier molecular flexibility index (Phi) is 8.56. The maximum absolute atomic E-state index is 5.62. The average molecular weight is 833 g/mol. The van der Waals surface area contributed by atoms with Crippen LogP contribution in [0.2, 0.25) is 0 Å². The van der Waals surface area contributed by atoms with Crippen molar-refractivity contribution in [1.82, 2.24) is 5.32 Å². The van der Waals surface area contributed by atoms with Gasteiger partial charge in [-0.25, -0.2) is 9.98 Å². The number of hydrogen-bond donors (Lipinski definition) is 1. The summed E-state index contributed by atoms with van der Waals surface area (Å²) in [6.45, 7) is 4.54. The summed E-state index contributed by atoms with van der Waals surface area (Å²) in [5.41, 5.74) is 12.5. The molecule has 8 aromatic carbocycles. The molecule has 6 heteroatoms. The van der Waals surface area contributed by atoms with Gasteiger partial charge in [-0.05, 0) is 65.4 Å². The van der Waals surface area contributed by atoms with E-state index in [0.29, 0.717) is 0 Å². The molecule has 3 aliphatic rings. The molecule has 62 heavy (non-hydrogen) atoms. The summed E-state index contributed by atoms with van der Waals surface area (Å²) in [4.78, 5) is 17.8. The lowest BCUT2D eigenvalue weighted by Crippen LogP contribution is -2.41. The minimum atomic E-state index is -0.895. The van der Waals surface area contributed by atoms with E-state index in [2.05, 4.69) is 207 Å². The summed E-state index contributed by atoms with van der Waals surface area (Å²) in [7, 11) is 0. The number of amidine groups is 2. The van der Waals surface area contributed by atoms with Crippen molar-refractivity contribution in [1.29, 1.82) is 0 Å². The Morgan fingerprint density at radius 2 is 1.10 bits per heavy atom. The van der Waals surface area contributed by atoms with Crippen molar-refractivity contribution in [2.24, 2.45) is 15.0 Å². The Morgan fingerprint density at radius 1 is 0.500 bits per heavy atom. The van der Waals surface area contributed by atoms with Gasteiger partial charge < -0.3 is 5.32 Å². The maximum Gasteiger partial charge on any atom is 0.177 e. The number of aliphatic imine (C=N–C) groups is 3. The van der Waals surface area contributed by atoms with Crippen LogP contribution in [0.3, 0.4) is 0 Å². The van der Waals surface area contributed by atoms with E-state index in [1.165, 1.54) is 47.3 Å². The molecule has 0 saturated carbocycles. The second kappa shape index (κ2) is 14.4. The zero-order valence-electron chi connectivity index (χ0n) is 34.2. The van der Waals surface area contributed by atoms with Gasteiger partial charge in [0.2, 0.25) is 0 Å². The van der Waals surface area contributed by atoms with Gasteiger partial charge in [-0.3, -0.25) is 4.99 Å². The Labute approximate surface area is 369 Å². The topological polar surface area (TPSA) is 49.1 Å². The number of thiophene rings is 1. The van der Waals surface area contributed by atoms with Crippen molar-refractivity contribution < 1.29 is 0 Å². The molecule has 0 saturated heterocycles. The Bertz CT molecular complexity index is 3330. The lowest BCUT2D eigenvalue weighted by Gasteiger charge is -2.38. The van der Waals surface area contributed by atoms with Crippen LogP contribution in [0.5, 0.6) is 0 Å². The third-order valence-corrected chi connectivity index (χ3v) is 15.7. The second-order valence-corrected chi connectivity index (χ2v) is 18.8. The van der Waals surface area contributed by atoms with E-state index in [1.54, 1.807) is 0 Å². The van der Waals surface area contributed by atoms with Gasteiger partial charge in [0.25, 0.3) is 0 Å². The number of para-hydroxylation sites is 1. The number of nitrogens with zero attached hydrogens (tertiary/aromatic N) is 3. The zero-order valence-corrected chi connectivity index (χ0v) is 35.8. The van der Waals surface area contributed by atoms with Gasteiger partial charge in [-0.1, -0.05) is 176 Å². The van der Waals surface area contributed by atoms with Crippen molar-refractivity contribution in [3.63, 3.8) is 0 Å². The minimum Gasteiger partial charge on any atom is -0.324 e. The molecule has 3 atom stereocenters. The van der Waals surface area contributed by atoms with Crippen molar-refractivity contribution in [3.05, 3.63) is 228 Å². The van der Waals surface area contributed by atoms with Crippen LogP contribution in [0.25, 0.3) is 42.4 Å². The third-order valence-electron chi connectivity index (χ3n) is 12.9. The van der Waals surface area contributed by atoms with E-state index in [4.69, 9.17) is 15.0 Å². The summed E-state index contributed by atoms with van der Waals surface area (Å²) in [6, 6.07) is 69.6. The lowest BCUT2D eigenvalue weighted by molar-refractivity contribution is 0.518. The smallest absolute Gasteiger partial charge is 0.177 e. The summed E-state index contributed by atoms with van der Waals surface area (Å²) in [5, 5.41) is 6.35. The van der Waals surface area contributed by atoms with E-state index < -0.39 is 5.66 Å². The number of nitrogens with one attached hydrogen (secondary N) is 1. The zero-order chi connectivity index (χ0) is 41.4. The molecule has 0 aliphatic carbocycles. The van der Waals surface area contributed by atoms with E-state index in [-0.39, 0.29) is 10.7 Å². The van der Waals surface area contributed by atoms with E-state index >= 15 is 0 Å². The fourth-order valence-corrected chi connectivity index (χ4v) is 12.6. The van der Waals surface area contributed by atoms with Crippen LogP contribution in [0.15, 0.2) is 214 Å². The number of thioether (sulfide) groups is 1. The lowest BCUT2D eigenvalue weighted by atomic mass is 9.69. The molecule has 296 valence electrons. The molecular weight excluding hydrogens is 793 g/mol. The molecular formula is C56H40N4S2. The first-order valence-corrected chi connectivity index (χ1v) is 22.8. The van der Waals surface area contributed by atoms with Gasteiger partial charge >= 0.3 is 0 Å². The first-order chi connectivity index (χ1) is 30.4. The van der Waals surface area contributed by atoms with Crippen LogP contribution in [0.4, 0.5) is 5.69 Å². The molecule has 1 aromatic heterocycles. The average Bonchev–Trinajstić information content (AvgIpc) is 3.87. The van der Waals surface area contributed by atoms with Crippen LogP contribution >= 0.6 is 23.1 Å². The van der Waals surface area contributed by atoms with Gasteiger partial charge in [-0.2, -0.15) is 0 Å². The van der Waals surface area contributed by atoms with E-state index in [1.807, 2.05) is 29.2 Å². The molecule has 0 fully saturated rings. The molecule has 4 nitrogen and oxygen atoms in total. The highest BCUT2D eigenvalue weighted by molar-refractivity contribution is 8.01. The predicted octanol–water partition coefficient (Wildman–Crippen LogP) is 14.0. The fraction of sp³-hybridized carbons (Fsp3) is 0.0893. The number of rotatable bonds is 6. The Morgan fingerprint density at radius 3 is 1.90 bits per heavy atom. The standard InChI is InChI=1S/C56H40N4S2/c1-55-45-26-10-12-29-48(45)62-52(55)49(57-50-41(23-15-27-46(50)55)35-16-5-3-6-17-35)36-30-32-38(33-31-36)54-58-53(37-18-7-4-8-19-37)59-56(2,60-54)40-21-13-20-39(34-40)42-24-14-25-44-43-22-9-11-28-47(43)61-51(42)44/h3-34,52H,1-2H3,(H,58,59,60). The monoisotopic (exact) mass is 832 g/mol. The highest BCUT2D eigenvalue weighted by Gasteiger charge is 2.51. The normalized spacial score (nSPS) is 20.1. The summed E-state index contributed by atoms with van der Waals surface area (Å²) < 4.78 is 2.59. The first kappa shape index (κ1) is 36.9. The highest BCUT2D eigenvalue weighted by atomic mass is 32.2. The van der Waals surface area contributed by atoms with Crippen molar-refractivity contribution >= 4 is 66.3 Å². The summed E-state index contributed by atoms with van der Waals surface area (Å²) >= 11 is 3.79. The molecule has 1 N–H and O–H groups in total. The number of benzene rings is 8. The molecule has 4 heterocycles. The fourth-order valence-electron chi connectivity index (χ4n) is 9.71. The summed E-state index contributed by atoms with van der Waals surface area (Å²) in [5.74, 6) is 1.57. The van der Waals surface area contributed by atoms with E-state index in [0.717, 1.165) is 56.5 Å². The first-order valence-electron chi connectivity index (χ1n) is 21.1. The largest absolute Gasteiger partial charge is 0.324 e. The molecule has 3 unspecified atom stereocenters. The number of hydrogen-bond acceptors (Lipinski definition) is 6. The molecule has 12 rings (SSSR count). The second-order valence-electron chi connectivity index (χ2n) is 16.6. The minimum absolute atomic E-state index is 0.111. The van der Waals surface area contributed by atoms with Crippen molar-refractivity contribution in [3.8, 4) is 22.3 Å². The van der Waals surface area contributed by atoms with Gasteiger partial charge in [-0.15, -0.1) is 23.1 Å². The molecule has 0 spiro atoms. The Balaban J connectivity index is 0.959. The van der Waals surface area contributed by atoms with Crippen LogP contribution in [-0.4, -0.2) is 22.6 Å².